The predicted octanol–water partition coefficient (Wildman–Crippen LogP) is 8.22. The van der Waals surface area contributed by atoms with Gasteiger partial charge in [0.25, 0.3) is 0 Å². The topological polar surface area (TPSA) is 179 Å². The van der Waals surface area contributed by atoms with Gasteiger partial charge in [-0.3, -0.25) is 14.4 Å². The van der Waals surface area contributed by atoms with Gasteiger partial charge >= 0.3 is 17.9 Å². The summed E-state index contributed by atoms with van der Waals surface area (Å²) >= 11 is 10.2. The Labute approximate surface area is 320 Å². The molecule has 3 saturated carbocycles. The number of benzene rings is 3. The molecule has 0 aliphatic heterocycles. The van der Waals surface area contributed by atoms with Gasteiger partial charge in [0.05, 0.1) is 7.11 Å². The fraction of sp³-hybridized carbons (Fsp3) is 0.447. The fourth-order valence-corrected chi connectivity index (χ4v) is 7.86. The van der Waals surface area contributed by atoms with Crippen molar-refractivity contribution in [3.8, 4) is 0 Å². The van der Waals surface area contributed by atoms with Crippen LogP contribution in [-0.4, -0.2) is 51.8 Å². The fourth-order valence-electron chi connectivity index (χ4n) is 7.06. The van der Waals surface area contributed by atoms with Gasteiger partial charge in [-0.15, -0.1) is 0 Å². The average Bonchev–Trinajstić information content (AvgIpc) is 3.81. The van der Waals surface area contributed by atoms with Gasteiger partial charge in [-0.05, 0) is 129 Å². The van der Waals surface area contributed by atoms with Crippen molar-refractivity contribution >= 4 is 65.7 Å². The van der Waals surface area contributed by atoms with Gasteiger partial charge in [-0.1, -0.05) is 91.6 Å². The Balaban J connectivity index is 0.000000201. The Bertz CT molecular complexity index is 1530. The summed E-state index contributed by atoms with van der Waals surface area (Å²) in [4.78, 5) is 33.7. The van der Waals surface area contributed by atoms with Gasteiger partial charge in [0.15, 0.2) is 0 Å². The quantitative estimate of drug-likeness (QED) is 0.153. The third-order valence-electron chi connectivity index (χ3n) is 10.1. The van der Waals surface area contributed by atoms with Crippen molar-refractivity contribution in [2.75, 3.05) is 7.11 Å². The molecule has 0 heterocycles. The minimum atomic E-state index is -1.03. The molecule has 3 aromatic carbocycles. The molecule has 0 spiro atoms. The number of hydrogen-bond donors (Lipinski definition) is 5. The molecule has 3 aromatic rings. The van der Waals surface area contributed by atoms with E-state index in [1.165, 1.54) is 23.8 Å². The number of carboxylic acids is 2. The number of carboxylic acid groups (broad SMARTS) is 2. The molecule has 8 N–H and O–H groups in total. The van der Waals surface area contributed by atoms with Crippen molar-refractivity contribution in [1.29, 1.82) is 0 Å². The number of rotatable bonds is 6. The highest BCUT2D eigenvalue weighted by Crippen LogP contribution is 2.42. The molecule has 0 amide bonds. The summed E-state index contributed by atoms with van der Waals surface area (Å²) in [6.45, 7) is 0. The number of aliphatic carboxylic acids is 2. The third-order valence-corrected chi connectivity index (χ3v) is 11.7. The normalized spacial score (nSPS) is 28.3. The highest BCUT2D eigenvalue weighted by Gasteiger charge is 2.44. The summed E-state index contributed by atoms with van der Waals surface area (Å²) < 4.78 is 7.90. The number of hydrogen-bond acceptors (Lipinski definition) is 7. The van der Waals surface area contributed by atoms with Gasteiger partial charge in [-0.25, -0.2) is 0 Å². The Morgan fingerprint density at radius 1 is 0.580 bits per heavy atom. The third kappa shape index (κ3) is 10.5. The molecule has 0 unspecified atom stereocenters. The zero-order valence-corrected chi connectivity index (χ0v) is 32.2. The Morgan fingerprint density at radius 2 is 0.840 bits per heavy atom. The van der Waals surface area contributed by atoms with Crippen LogP contribution in [0.25, 0.3) is 0 Å². The lowest BCUT2D eigenvalue weighted by molar-refractivity contribution is -0.147. The van der Waals surface area contributed by atoms with E-state index >= 15 is 0 Å². The predicted molar refractivity (Wildman–Crippen MR) is 207 cm³/mol. The van der Waals surface area contributed by atoms with Crippen molar-refractivity contribution in [3.05, 3.63) is 103 Å². The Morgan fingerprint density at radius 3 is 1.08 bits per heavy atom. The Hall–Kier alpha value is -2.61. The van der Waals surface area contributed by atoms with Crippen LogP contribution >= 0.6 is 47.8 Å². The van der Waals surface area contributed by atoms with Crippen LogP contribution in [0.1, 0.15) is 99.7 Å². The standard InChI is InChI=1S/C13H16BrNO2.2C12H14BrNO2.CH4/c1-17-12(16)13(15)7-6-10(8-13)9-2-4-11(14)5-3-9;2*13-10-3-1-8(2-4-10)9-5-6-12(14,7-9)11(15)16;/h2-5,10H,6-8,15H2,1H3;2*1-4,9H,5-7,14H2,(H,15,16);1H4/t10-,13+;9-,12+;9-,12-;/m000./s1. The van der Waals surface area contributed by atoms with Gasteiger partial charge in [0.2, 0.25) is 0 Å². The molecule has 3 aliphatic carbocycles. The lowest BCUT2D eigenvalue weighted by Crippen LogP contribution is -2.46. The maximum atomic E-state index is 11.6. The van der Waals surface area contributed by atoms with E-state index in [1.807, 2.05) is 60.7 Å². The number of carbonyl (C=O) groups excluding carboxylic acids is 1. The van der Waals surface area contributed by atoms with Gasteiger partial charge in [-0.2, -0.15) is 0 Å². The number of carbonyl (C=O) groups is 3. The summed E-state index contributed by atoms with van der Waals surface area (Å²) in [7, 11) is 1.39. The van der Waals surface area contributed by atoms with E-state index in [0.29, 0.717) is 44.4 Å². The zero-order valence-electron chi connectivity index (χ0n) is 27.4. The van der Waals surface area contributed by atoms with E-state index in [0.717, 1.165) is 32.7 Å². The second-order valence-corrected chi connectivity index (χ2v) is 16.3. The Kier molecular flexibility index (Phi) is 14.8. The summed E-state index contributed by atoms with van der Waals surface area (Å²) in [5, 5.41) is 18.1. The van der Waals surface area contributed by atoms with Gasteiger partial charge in [0, 0.05) is 13.4 Å². The molecule has 3 aliphatic rings. The molecular weight excluding hydrogens is 834 g/mol. The highest BCUT2D eigenvalue weighted by molar-refractivity contribution is 9.11. The van der Waals surface area contributed by atoms with E-state index in [1.54, 1.807) is 0 Å². The molecule has 12 heteroatoms. The van der Waals surface area contributed by atoms with Crippen molar-refractivity contribution in [1.82, 2.24) is 0 Å². The van der Waals surface area contributed by atoms with Crippen molar-refractivity contribution in [2.45, 2.75) is 99.6 Å². The van der Waals surface area contributed by atoms with Gasteiger partial charge < -0.3 is 32.2 Å². The van der Waals surface area contributed by atoms with E-state index in [4.69, 9.17) is 32.2 Å². The van der Waals surface area contributed by atoms with Crippen LogP contribution in [0.15, 0.2) is 86.2 Å². The SMILES string of the molecule is C.COC(=O)[C@@]1(N)CC[C@H](c2ccc(Br)cc2)C1.N[C@@]1(C(=O)O)CC[C@H](c2ccc(Br)cc2)C1.N[C@]1(C(=O)O)CC[C@H](c2ccc(Br)cc2)C1. The van der Waals surface area contributed by atoms with Crippen LogP contribution in [0.4, 0.5) is 0 Å². The van der Waals surface area contributed by atoms with Crippen LogP contribution in [0, 0.1) is 0 Å². The van der Waals surface area contributed by atoms with E-state index in [2.05, 4.69) is 59.9 Å². The minimum absolute atomic E-state index is 0. The lowest BCUT2D eigenvalue weighted by Gasteiger charge is -2.20. The zero-order chi connectivity index (χ0) is 36.0. The molecule has 50 heavy (non-hydrogen) atoms. The molecule has 272 valence electrons. The second kappa shape index (κ2) is 17.7. The maximum Gasteiger partial charge on any atom is 0.325 e. The summed E-state index contributed by atoms with van der Waals surface area (Å²) in [6.07, 6.45) is 6.18. The molecular formula is C38H48Br3N3O6. The molecule has 6 atom stereocenters. The summed E-state index contributed by atoms with van der Waals surface area (Å²) in [6, 6.07) is 24.2. The minimum Gasteiger partial charge on any atom is -0.480 e. The van der Waals surface area contributed by atoms with Crippen LogP contribution in [-0.2, 0) is 19.1 Å². The smallest absolute Gasteiger partial charge is 0.325 e. The first-order valence-corrected chi connectivity index (χ1v) is 18.6. The molecule has 0 aromatic heterocycles. The monoisotopic (exact) mass is 879 g/mol. The molecule has 0 radical (unpaired) electrons. The molecule has 3 fully saturated rings. The number of esters is 1. The second-order valence-electron chi connectivity index (χ2n) is 13.5. The van der Waals surface area contributed by atoms with Crippen LogP contribution < -0.4 is 17.2 Å². The lowest BCUT2D eigenvalue weighted by atomic mass is 9.93. The molecule has 6 rings (SSSR count). The average molecular weight is 883 g/mol. The maximum absolute atomic E-state index is 11.6. The summed E-state index contributed by atoms with van der Waals surface area (Å²) in [5.74, 6) is -1.16. The number of methoxy groups -OCH3 is 1. The number of ether oxygens (including phenoxy) is 1. The largest absolute Gasteiger partial charge is 0.480 e. The van der Waals surface area contributed by atoms with Crippen LogP contribution in [0.5, 0.6) is 0 Å². The van der Waals surface area contributed by atoms with Gasteiger partial charge in [0.1, 0.15) is 16.6 Å². The van der Waals surface area contributed by atoms with E-state index < -0.39 is 28.6 Å². The first-order chi connectivity index (χ1) is 23.1. The molecule has 0 saturated heterocycles. The first kappa shape index (κ1) is 41.8. The van der Waals surface area contributed by atoms with Crippen LogP contribution in [0.2, 0.25) is 0 Å². The van der Waals surface area contributed by atoms with Crippen molar-refractivity contribution in [2.24, 2.45) is 17.2 Å². The molecule has 9 nitrogen and oxygen atoms in total. The molecule has 0 bridgehead atoms. The van der Waals surface area contributed by atoms with E-state index in [9.17, 15) is 14.4 Å². The summed E-state index contributed by atoms with van der Waals surface area (Å²) in [5.41, 5.74) is 18.5. The highest BCUT2D eigenvalue weighted by atomic mass is 79.9. The number of halogens is 3. The first-order valence-electron chi connectivity index (χ1n) is 16.3. The van der Waals surface area contributed by atoms with Crippen molar-refractivity contribution in [3.63, 3.8) is 0 Å². The van der Waals surface area contributed by atoms with Crippen LogP contribution in [0.3, 0.4) is 0 Å². The number of nitrogens with two attached hydrogens (primary N) is 3. The van der Waals surface area contributed by atoms with E-state index in [-0.39, 0.29) is 25.2 Å². The van der Waals surface area contributed by atoms with Crippen molar-refractivity contribution < 1.29 is 29.3 Å².